The molecule has 1 N–H and O–H groups in total. The zero-order chi connectivity index (χ0) is 7.49. The Morgan fingerprint density at radius 1 is 1.22 bits per heavy atom. The Labute approximate surface area is 62.7 Å². The van der Waals surface area contributed by atoms with Crippen LogP contribution in [0.1, 0.15) is 34.6 Å². The van der Waals surface area contributed by atoms with Crippen molar-refractivity contribution in [2.75, 3.05) is 0 Å². The minimum atomic E-state index is 0.338. The van der Waals surface area contributed by atoms with E-state index in [0.717, 1.165) is 0 Å². The highest BCUT2D eigenvalue weighted by molar-refractivity contribution is 7.98. The molecule has 0 aromatic heterocycles. The minimum Gasteiger partial charge on any atom is -0.261 e. The summed E-state index contributed by atoms with van der Waals surface area (Å²) in [7, 11) is 0. The Balaban J connectivity index is 3.28. The molecule has 56 valence electrons. The third-order valence-corrected chi connectivity index (χ3v) is 1.80. The van der Waals surface area contributed by atoms with Crippen molar-refractivity contribution in [3.8, 4) is 0 Å². The maximum absolute atomic E-state index is 3.30. The summed E-state index contributed by atoms with van der Waals surface area (Å²) in [4.78, 5) is 0. The molecule has 0 saturated heterocycles. The molecular weight excluding hydrogens is 130 g/mol. The van der Waals surface area contributed by atoms with E-state index < -0.39 is 0 Å². The maximum atomic E-state index is 3.30. The summed E-state index contributed by atoms with van der Waals surface area (Å²) in [6.45, 7) is 10.9. The Hall–Kier alpha value is 0.310. The fourth-order valence-corrected chi connectivity index (χ4v) is 0.884. The average molecular weight is 147 g/mol. The zero-order valence-electron chi connectivity index (χ0n) is 6.99. The van der Waals surface area contributed by atoms with Crippen LogP contribution in [-0.4, -0.2) is 10.8 Å². The lowest BCUT2D eigenvalue weighted by Gasteiger charge is -2.19. The number of hydrogen-bond donors (Lipinski definition) is 1. The normalized spacial score (nSPS) is 12.7. The molecule has 0 bridgehead atoms. The molecule has 0 amide bonds. The van der Waals surface area contributed by atoms with Gasteiger partial charge in [-0.1, -0.05) is 11.9 Å². The Kier molecular flexibility index (Phi) is 3.59. The van der Waals surface area contributed by atoms with Crippen molar-refractivity contribution in [2.24, 2.45) is 0 Å². The summed E-state index contributed by atoms with van der Waals surface area (Å²) < 4.78 is 3.64. The molecule has 0 aliphatic carbocycles. The van der Waals surface area contributed by atoms with E-state index >= 15 is 0 Å². The molecule has 0 unspecified atom stereocenters. The van der Waals surface area contributed by atoms with Crippen LogP contribution in [0, 0.1) is 0 Å². The first-order valence-electron chi connectivity index (χ1n) is 3.35. The molecule has 0 spiro atoms. The van der Waals surface area contributed by atoms with E-state index in [9.17, 15) is 0 Å². The smallest absolute Gasteiger partial charge is 0.0220 e. The van der Waals surface area contributed by atoms with Crippen LogP contribution in [0.4, 0.5) is 0 Å². The first-order valence-corrected chi connectivity index (χ1v) is 4.17. The number of rotatable bonds is 2. The van der Waals surface area contributed by atoms with E-state index in [2.05, 4.69) is 39.3 Å². The van der Waals surface area contributed by atoms with Crippen LogP contribution in [0.25, 0.3) is 0 Å². The number of nitrogens with one attached hydrogen (secondary N) is 1. The van der Waals surface area contributed by atoms with Crippen molar-refractivity contribution in [3.05, 3.63) is 0 Å². The molecular formula is C7H17NS. The van der Waals surface area contributed by atoms with Gasteiger partial charge in [-0.3, -0.25) is 4.72 Å². The van der Waals surface area contributed by atoms with Crippen molar-refractivity contribution < 1.29 is 0 Å². The van der Waals surface area contributed by atoms with Crippen LogP contribution >= 0.6 is 11.9 Å². The highest BCUT2D eigenvalue weighted by Gasteiger charge is 2.10. The molecule has 9 heavy (non-hydrogen) atoms. The van der Waals surface area contributed by atoms with E-state index in [1.807, 2.05) is 0 Å². The molecule has 0 fully saturated rings. The molecule has 0 rings (SSSR count). The zero-order valence-corrected chi connectivity index (χ0v) is 7.80. The topological polar surface area (TPSA) is 12.0 Å². The van der Waals surface area contributed by atoms with Gasteiger partial charge in [-0.25, -0.2) is 0 Å². The second-order valence-electron chi connectivity index (χ2n) is 3.49. The summed E-state index contributed by atoms with van der Waals surface area (Å²) in [5.41, 5.74) is 0. The SMILES string of the molecule is CC(C)NSC(C)(C)C. The molecule has 2 heteroatoms. The van der Waals surface area contributed by atoms with Crippen molar-refractivity contribution in [1.82, 2.24) is 4.72 Å². The highest BCUT2D eigenvalue weighted by Crippen LogP contribution is 2.19. The lowest BCUT2D eigenvalue weighted by atomic mass is 10.3. The van der Waals surface area contributed by atoms with Crippen LogP contribution in [0.2, 0.25) is 0 Å². The molecule has 1 nitrogen and oxygen atoms in total. The molecule has 0 aromatic carbocycles. The molecule has 0 aliphatic rings. The fraction of sp³-hybridized carbons (Fsp3) is 1.00. The Morgan fingerprint density at radius 2 is 1.67 bits per heavy atom. The molecule has 0 radical (unpaired) electrons. The van der Waals surface area contributed by atoms with E-state index in [1.165, 1.54) is 0 Å². The van der Waals surface area contributed by atoms with Crippen molar-refractivity contribution in [2.45, 2.75) is 45.4 Å². The third-order valence-electron chi connectivity index (χ3n) is 0.601. The molecule has 0 aliphatic heterocycles. The summed E-state index contributed by atoms with van der Waals surface area (Å²) in [5, 5.41) is 0. The van der Waals surface area contributed by atoms with Crippen LogP contribution in [0.15, 0.2) is 0 Å². The molecule has 0 atom stereocenters. The van der Waals surface area contributed by atoms with Gasteiger partial charge in [0.05, 0.1) is 0 Å². The van der Waals surface area contributed by atoms with E-state index in [0.29, 0.717) is 10.8 Å². The lowest BCUT2D eigenvalue weighted by Crippen LogP contribution is -2.22. The van der Waals surface area contributed by atoms with Gasteiger partial charge in [-0.2, -0.15) is 0 Å². The molecule has 0 heterocycles. The van der Waals surface area contributed by atoms with E-state index in [-0.39, 0.29) is 0 Å². The van der Waals surface area contributed by atoms with Crippen LogP contribution in [-0.2, 0) is 0 Å². The number of hydrogen-bond acceptors (Lipinski definition) is 2. The van der Waals surface area contributed by atoms with Gasteiger partial charge in [-0.05, 0) is 34.6 Å². The minimum absolute atomic E-state index is 0.338. The van der Waals surface area contributed by atoms with Crippen LogP contribution < -0.4 is 4.72 Å². The fourth-order valence-electron chi connectivity index (χ4n) is 0.295. The van der Waals surface area contributed by atoms with Gasteiger partial charge in [0.15, 0.2) is 0 Å². The largest absolute Gasteiger partial charge is 0.261 e. The van der Waals surface area contributed by atoms with E-state index in [1.54, 1.807) is 11.9 Å². The highest BCUT2D eigenvalue weighted by atomic mass is 32.2. The van der Waals surface area contributed by atoms with Gasteiger partial charge in [0.1, 0.15) is 0 Å². The molecule has 0 aromatic rings. The predicted molar refractivity (Wildman–Crippen MR) is 45.6 cm³/mol. The quantitative estimate of drug-likeness (QED) is 0.602. The maximum Gasteiger partial charge on any atom is 0.0220 e. The lowest BCUT2D eigenvalue weighted by molar-refractivity contribution is 0.735. The van der Waals surface area contributed by atoms with Gasteiger partial charge in [0.25, 0.3) is 0 Å². The second kappa shape index (κ2) is 3.47. The Morgan fingerprint density at radius 3 is 1.78 bits per heavy atom. The van der Waals surface area contributed by atoms with Gasteiger partial charge in [0.2, 0.25) is 0 Å². The third kappa shape index (κ3) is 8.31. The van der Waals surface area contributed by atoms with Gasteiger partial charge in [-0.15, -0.1) is 0 Å². The average Bonchev–Trinajstić information content (AvgIpc) is 1.59. The van der Waals surface area contributed by atoms with E-state index in [4.69, 9.17) is 0 Å². The summed E-state index contributed by atoms with van der Waals surface area (Å²) in [6.07, 6.45) is 0. The summed E-state index contributed by atoms with van der Waals surface area (Å²) >= 11 is 1.79. The van der Waals surface area contributed by atoms with Gasteiger partial charge < -0.3 is 0 Å². The van der Waals surface area contributed by atoms with Crippen molar-refractivity contribution >= 4 is 11.9 Å². The van der Waals surface area contributed by atoms with Gasteiger partial charge in [0, 0.05) is 10.8 Å². The van der Waals surface area contributed by atoms with Crippen LogP contribution in [0.5, 0.6) is 0 Å². The summed E-state index contributed by atoms with van der Waals surface area (Å²) in [6, 6.07) is 0.578. The standard InChI is InChI=1S/C7H17NS/c1-6(2)8-9-7(3,4)5/h6,8H,1-5H3. The van der Waals surface area contributed by atoms with Crippen molar-refractivity contribution in [3.63, 3.8) is 0 Å². The predicted octanol–water partition coefficient (Wildman–Crippen LogP) is 2.43. The summed E-state index contributed by atoms with van der Waals surface area (Å²) in [5.74, 6) is 0. The molecule has 0 saturated carbocycles. The first-order chi connectivity index (χ1) is 3.92. The van der Waals surface area contributed by atoms with Gasteiger partial charge >= 0.3 is 0 Å². The second-order valence-corrected chi connectivity index (χ2v) is 5.15. The van der Waals surface area contributed by atoms with Crippen molar-refractivity contribution in [1.29, 1.82) is 0 Å². The van der Waals surface area contributed by atoms with Crippen LogP contribution in [0.3, 0.4) is 0 Å². The first kappa shape index (κ1) is 9.31. The Bertz CT molecular complexity index is 73.5. The monoisotopic (exact) mass is 147 g/mol.